The van der Waals surface area contributed by atoms with Gasteiger partial charge in [-0.15, -0.1) is 0 Å². The summed E-state index contributed by atoms with van der Waals surface area (Å²) in [6.07, 6.45) is 4.17. The van der Waals surface area contributed by atoms with Crippen LogP contribution in [0.25, 0.3) is 0 Å². The SMILES string of the molecule is CCC1(CNCc2ccc(I)cc2)CC1. The highest BCUT2D eigenvalue weighted by Crippen LogP contribution is 2.47. The average Bonchev–Trinajstić information content (AvgIpc) is 3.02. The van der Waals surface area contributed by atoms with E-state index in [1.54, 1.807) is 0 Å². The number of hydrogen-bond donors (Lipinski definition) is 1. The van der Waals surface area contributed by atoms with Crippen LogP contribution in [0.2, 0.25) is 0 Å². The fourth-order valence-electron chi connectivity index (χ4n) is 1.91. The molecule has 1 fully saturated rings. The Morgan fingerprint density at radius 2 is 1.93 bits per heavy atom. The summed E-state index contributed by atoms with van der Waals surface area (Å²) < 4.78 is 1.31. The maximum absolute atomic E-state index is 3.57. The zero-order valence-electron chi connectivity index (χ0n) is 9.22. The van der Waals surface area contributed by atoms with E-state index in [9.17, 15) is 0 Å². The molecular formula is C13H18IN. The number of nitrogens with one attached hydrogen (secondary N) is 1. The third-order valence-corrected chi connectivity index (χ3v) is 4.17. The molecule has 2 rings (SSSR count). The van der Waals surface area contributed by atoms with Gasteiger partial charge in [-0.2, -0.15) is 0 Å². The highest BCUT2D eigenvalue weighted by Gasteiger charge is 2.39. The van der Waals surface area contributed by atoms with Crippen molar-refractivity contribution >= 4 is 22.6 Å². The molecule has 0 aliphatic heterocycles. The van der Waals surface area contributed by atoms with Crippen molar-refractivity contribution in [3.63, 3.8) is 0 Å². The van der Waals surface area contributed by atoms with Gasteiger partial charge in [-0.3, -0.25) is 0 Å². The lowest BCUT2D eigenvalue weighted by Crippen LogP contribution is -2.23. The van der Waals surface area contributed by atoms with Crippen LogP contribution in [0.3, 0.4) is 0 Å². The summed E-state index contributed by atoms with van der Waals surface area (Å²) in [5.41, 5.74) is 2.05. The highest BCUT2D eigenvalue weighted by molar-refractivity contribution is 14.1. The molecule has 0 atom stereocenters. The molecule has 0 radical (unpaired) electrons. The van der Waals surface area contributed by atoms with E-state index in [4.69, 9.17) is 0 Å². The molecule has 0 amide bonds. The highest BCUT2D eigenvalue weighted by atomic mass is 127. The van der Waals surface area contributed by atoms with E-state index in [0.717, 1.165) is 6.54 Å². The van der Waals surface area contributed by atoms with Crippen molar-refractivity contribution < 1.29 is 0 Å². The van der Waals surface area contributed by atoms with Crippen LogP contribution < -0.4 is 5.32 Å². The Balaban J connectivity index is 1.76. The molecule has 1 aliphatic rings. The first-order chi connectivity index (χ1) is 7.24. The molecule has 15 heavy (non-hydrogen) atoms. The maximum atomic E-state index is 3.57. The molecule has 1 N–H and O–H groups in total. The van der Waals surface area contributed by atoms with Gasteiger partial charge in [0.05, 0.1) is 0 Å². The summed E-state index contributed by atoms with van der Waals surface area (Å²) in [7, 11) is 0. The van der Waals surface area contributed by atoms with Gasteiger partial charge < -0.3 is 5.32 Å². The summed E-state index contributed by atoms with van der Waals surface area (Å²) in [6.45, 7) is 4.51. The average molecular weight is 315 g/mol. The largest absolute Gasteiger partial charge is 0.312 e. The van der Waals surface area contributed by atoms with E-state index in [2.05, 4.69) is 59.1 Å². The molecule has 0 heterocycles. The fourth-order valence-corrected chi connectivity index (χ4v) is 2.27. The zero-order valence-corrected chi connectivity index (χ0v) is 11.4. The molecule has 0 aromatic heterocycles. The first kappa shape index (κ1) is 11.4. The van der Waals surface area contributed by atoms with E-state index >= 15 is 0 Å². The number of benzene rings is 1. The molecule has 1 aromatic carbocycles. The van der Waals surface area contributed by atoms with Crippen LogP contribution in [0.5, 0.6) is 0 Å². The Labute approximate surface area is 106 Å². The van der Waals surface area contributed by atoms with E-state index in [1.807, 2.05) is 0 Å². The van der Waals surface area contributed by atoms with Gasteiger partial charge in [0.1, 0.15) is 0 Å². The molecule has 1 aromatic rings. The lowest BCUT2D eigenvalue weighted by atomic mass is 10.0. The van der Waals surface area contributed by atoms with Crippen molar-refractivity contribution in [2.45, 2.75) is 32.7 Å². The summed E-state index contributed by atoms with van der Waals surface area (Å²) in [6, 6.07) is 8.76. The van der Waals surface area contributed by atoms with Crippen molar-refractivity contribution in [1.82, 2.24) is 5.32 Å². The summed E-state index contributed by atoms with van der Waals surface area (Å²) >= 11 is 2.34. The molecule has 1 nitrogen and oxygen atoms in total. The quantitative estimate of drug-likeness (QED) is 0.819. The Morgan fingerprint density at radius 3 is 2.47 bits per heavy atom. The second kappa shape index (κ2) is 4.83. The van der Waals surface area contributed by atoms with Crippen LogP contribution in [-0.2, 0) is 6.54 Å². The summed E-state index contributed by atoms with van der Waals surface area (Å²) in [5.74, 6) is 0. The van der Waals surface area contributed by atoms with Crippen LogP contribution in [0.15, 0.2) is 24.3 Å². The standard InChI is InChI=1S/C13H18IN/c1-2-13(7-8-13)10-15-9-11-3-5-12(14)6-4-11/h3-6,15H,2,7-10H2,1H3. The van der Waals surface area contributed by atoms with Gasteiger partial charge in [0.15, 0.2) is 0 Å². The Morgan fingerprint density at radius 1 is 1.27 bits per heavy atom. The van der Waals surface area contributed by atoms with Gasteiger partial charge in [0.2, 0.25) is 0 Å². The molecule has 1 aliphatic carbocycles. The minimum atomic E-state index is 0.656. The van der Waals surface area contributed by atoms with Crippen LogP contribution in [0, 0.1) is 8.99 Å². The number of rotatable bonds is 5. The lowest BCUT2D eigenvalue weighted by molar-refractivity contribution is 0.443. The molecule has 2 heteroatoms. The van der Waals surface area contributed by atoms with Gasteiger partial charge in [-0.1, -0.05) is 19.1 Å². The van der Waals surface area contributed by atoms with E-state index < -0.39 is 0 Å². The second-order valence-corrected chi connectivity index (χ2v) is 5.83. The first-order valence-electron chi connectivity index (χ1n) is 5.69. The molecule has 82 valence electrons. The van der Waals surface area contributed by atoms with Gasteiger partial charge in [-0.05, 0) is 65.0 Å². The Bertz CT molecular complexity index is 314. The van der Waals surface area contributed by atoms with Crippen molar-refractivity contribution in [3.8, 4) is 0 Å². The van der Waals surface area contributed by atoms with Crippen molar-refractivity contribution in [3.05, 3.63) is 33.4 Å². The molecule has 0 unspecified atom stereocenters. The van der Waals surface area contributed by atoms with E-state index in [-0.39, 0.29) is 0 Å². The minimum Gasteiger partial charge on any atom is -0.312 e. The van der Waals surface area contributed by atoms with Crippen molar-refractivity contribution in [2.24, 2.45) is 5.41 Å². The van der Waals surface area contributed by atoms with Crippen LogP contribution >= 0.6 is 22.6 Å². The predicted octanol–water partition coefficient (Wildman–Crippen LogP) is 3.57. The fraction of sp³-hybridized carbons (Fsp3) is 0.538. The van der Waals surface area contributed by atoms with Gasteiger partial charge in [0.25, 0.3) is 0 Å². The lowest BCUT2D eigenvalue weighted by Gasteiger charge is -2.13. The minimum absolute atomic E-state index is 0.656. The molecule has 0 bridgehead atoms. The first-order valence-corrected chi connectivity index (χ1v) is 6.77. The van der Waals surface area contributed by atoms with Crippen LogP contribution in [-0.4, -0.2) is 6.54 Å². The zero-order chi connectivity index (χ0) is 10.7. The molecule has 1 saturated carbocycles. The van der Waals surface area contributed by atoms with Gasteiger partial charge in [0, 0.05) is 16.7 Å². The van der Waals surface area contributed by atoms with Gasteiger partial charge in [-0.25, -0.2) is 0 Å². The van der Waals surface area contributed by atoms with Crippen molar-refractivity contribution in [1.29, 1.82) is 0 Å². The third-order valence-electron chi connectivity index (χ3n) is 3.45. The van der Waals surface area contributed by atoms with E-state index in [1.165, 1.54) is 34.9 Å². The molecule has 0 spiro atoms. The normalized spacial score (nSPS) is 17.7. The van der Waals surface area contributed by atoms with Crippen molar-refractivity contribution in [2.75, 3.05) is 6.54 Å². The Kier molecular flexibility index (Phi) is 3.67. The van der Waals surface area contributed by atoms with Gasteiger partial charge >= 0.3 is 0 Å². The van der Waals surface area contributed by atoms with E-state index in [0.29, 0.717) is 5.41 Å². The topological polar surface area (TPSA) is 12.0 Å². The number of hydrogen-bond acceptors (Lipinski definition) is 1. The maximum Gasteiger partial charge on any atom is 0.0205 e. The molecular weight excluding hydrogens is 297 g/mol. The summed E-state index contributed by atoms with van der Waals surface area (Å²) in [5, 5.41) is 3.57. The molecule has 0 saturated heterocycles. The monoisotopic (exact) mass is 315 g/mol. The second-order valence-electron chi connectivity index (χ2n) is 4.58. The third kappa shape index (κ3) is 3.18. The summed E-state index contributed by atoms with van der Waals surface area (Å²) in [4.78, 5) is 0. The van der Waals surface area contributed by atoms with Crippen LogP contribution in [0.1, 0.15) is 31.7 Å². The number of halogens is 1. The smallest absolute Gasteiger partial charge is 0.0205 e. The predicted molar refractivity (Wildman–Crippen MR) is 72.8 cm³/mol. The van der Waals surface area contributed by atoms with Crippen LogP contribution in [0.4, 0.5) is 0 Å². The Hall–Kier alpha value is -0.0900.